The zero-order chi connectivity index (χ0) is 15.6. The normalized spacial score (nSPS) is 43.4. The Balaban J connectivity index is 1.35. The highest BCUT2D eigenvalue weighted by Gasteiger charge is 2.44. The van der Waals surface area contributed by atoms with E-state index >= 15 is 0 Å². The Bertz CT molecular complexity index is 360. The van der Waals surface area contributed by atoms with E-state index in [4.69, 9.17) is 0 Å². The Hall–Kier alpha value is 0. The van der Waals surface area contributed by atoms with Gasteiger partial charge in [0.2, 0.25) is 0 Å². The van der Waals surface area contributed by atoms with E-state index < -0.39 is 0 Å². The van der Waals surface area contributed by atoms with Crippen molar-refractivity contribution >= 4 is 0 Å². The van der Waals surface area contributed by atoms with E-state index in [1.165, 1.54) is 38.5 Å². The maximum atomic E-state index is 2.49. The second kappa shape index (κ2) is 7.49. The van der Waals surface area contributed by atoms with E-state index in [9.17, 15) is 0 Å². The van der Waals surface area contributed by atoms with Gasteiger partial charge in [0, 0.05) is 0 Å². The lowest BCUT2D eigenvalue weighted by Crippen LogP contribution is -2.19. The summed E-state index contributed by atoms with van der Waals surface area (Å²) in [6, 6.07) is 0. The average molecular weight is 317 g/mol. The van der Waals surface area contributed by atoms with Crippen LogP contribution in [0.5, 0.6) is 0 Å². The van der Waals surface area contributed by atoms with Crippen LogP contribution in [0.1, 0.15) is 103 Å². The van der Waals surface area contributed by atoms with Gasteiger partial charge in [-0.15, -0.1) is 0 Å². The third kappa shape index (κ3) is 3.52. The van der Waals surface area contributed by atoms with Crippen molar-refractivity contribution in [2.24, 2.45) is 41.4 Å². The van der Waals surface area contributed by atoms with Gasteiger partial charge < -0.3 is 0 Å². The number of rotatable bonds is 4. The molecule has 4 saturated carbocycles. The molecule has 5 unspecified atom stereocenters. The summed E-state index contributed by atoms with van der Waals surface area (Å²) >= 11 is 0. The molecule has 0 amide bonds. The highest BCUT2D eigenvalue weighted by Crippen LogP contribution is 2.54. The summed E-state index contributed by atoms with van der Waals surface area (Å²) < 4.78 is 0. The van der Waals surface area contributed by atoms with Crippen molar-refractivity contribution in [3.63, 3.8) is 0 Å². The molecular weight excluding hydrogens is 276 g/mol. The molecule has 0 aromatic heterocycles. The summed E-state index contributed by atoms with van der Waals surface area (Å²) in [6.07, 6.45) is 23.5. The maximum Gasteiger partial charge on any atom is -0.0355 e. The molecule has 0 aromatic rings. The third-order valence-corrected chi connectivity index (χ3v) is 8.81. The van der Waals surface area contributed by atoms with Gasteiger partial charge in [0.15, 0.2) is 0 Å². The van der Waals surface area contributed by atoms with Crippen LogP contribution < -0.4 is 0 Å². The standard InChI is InChI=1S/C23H40/c1-2-17-14-22(19-10-6-7-11-19)16-23(17)21-13-12-20(15-21)18-8-4-3-5-9-18/h17-23H,2-16H2,1H3. The van der Waals surface area contributed by atoms with Crippen LogP contribution in [0.25, 0.3) is 0 Å². The molecule has 4 fully saturated rings. The summed E-state index contributed by atoms with van der Waals surface area (Å²) in [5.74, 6) is 7.85. The quantitative estimate of drug-likeness (QED) is 0.513. The molecule has 0 heterocycles. The molecule has 4 aliphatic rings. The molecule has 4 rings (SSSR count). The van der Waals surface area contributed by atoms with Crippen molar-refractivity contribution in [2.75, 3.05) is 0 Å². The summed E-state index contributed by atoms with van der Waals surface area (Å²) in [5, 5.41) is 0. The molecule has 0 spiro atoms. The molecule has 5 atom stereocenters. The fourth-order valence-electron chi connectivity index (χ4n) is 7.54. The smallest absolute Gasteiger partial charge is 0.0355 e. The minimum atomic E-state index is 1.09. The Morgan fingerprint density at radius 1 is 0.522 bits per heavy atom. The Kier molecular flexibility index (Phi) is 5.36. The van der Waals surface area contributed by atoms with Crippen molar-refractivity contribution in [2.45, 2.75) is 103 Å². The van der Waals surface area contributed by atoms with Gasteiger partial charge in [0.25, 0.3) is 0 Å². The van der Waals surface area contributed by atoms with Crippen LogP contribution in [0.15, 0.2) is 0 Å². The lowest BCUT2D eigenvalue weighted by molar-refractivity contribution is 0.214. The first-order valence-corrected chi connectivity index (χ1v) is 11.3. The van der Waals surface area contributed by atoms with E-state index in [0.717, 1.165) is 41.4 Å². The number of hydrogen-bond donors (Lipinski definition) is 0. The fraction of sp³-hybridized carbons (Fsp3) is 1.00. The van der Waals surface area contributed by atoms with E-state index in [-0.39, 0.29) is 0 Å². The summed E-state index contributed by atoms with van der Waals surface area (Å²) in [7, 11) is 0. The first kappa shape index (κ1) is 16.5. The second-order valence-electron chi connectivity index (χ2n) is 9.84. The van der Waals surface area contributed by atoms with Gasteiger partial charge in [-0.2, -0.15) is 0 Å². The van der Waals surface area contributed by atoms with Crippen LogP contribution in [0, 0.1) is 41.4 Å². The monoisotopic (exact) mass is 316 g/mol. The fourth-order valence-corrected chi connectivity index (χ4v) is 7.54. The minimum Gasteiger partial charge on any atom is -0.0651 e. The van der Waals surface area contributed by atoms with Gasteiger partial charge in [-0.3, -0.25) is 0 Å². The van der Waals surface area contributed by atoms with Crippen molar-refractivity contribution in [1.29, 1.82) is 0 Å². The lowest BCUT2D eigenvalue weighted by atomic mass is 9.76. The van der Waals surface area contributed by atoms with Crippen molar-refractivity contribution < 1.29 is 0 Å². The molecule has 23 heavy (non-hydrogen) atoms. The first-order chi connectivity index (χ1) is 11.3. The summed E-state index contributed by atoms with van der Waals surface area (Å²) in [6.45, 7) is 2.49. The predicted octanol–water partition coefficient (Wildman–Crippen LogP) is 7.23. The summed E-state index contributed by atoms with van der Waals surface area (Å²) in [4.78, 5) is 0. The van der Waals surface area contributed by atoms with Gasteiger partial charge in [-0.25, -0.2) is 0 Å². The third-order valence-electron chi connectivity index (χ3n) is 8.81. The molecule has 0 radical (unpaired) electrons. The topological polar surface area (TPSA) is 0 Å². The van der Waals surface area contributed by atoms with Gasteiger partial charge in [-0.05, 0) is 73.5 Å². The molecular formula is C23H40. The van der Waals surface area contributed by atoms with E-state index in [0.29, 0.717) is 0 Å². The van der Waals surface area contributed by atoms with Crippen LogP contribution in [0.4, 0.5) is 0 Å². The molecule has 132 valence electrons. The van der Waals surface area contributed by atoms with Crippen molar-refractivity contribution in [3.8, 4) is 0 Å². The molecule has 0 N–H and O–H groups in total. The molecule has 0 aromatic carbocycles. The van der Waals surface area contributed by atoms with E-state index in [1.807, 2.05) is 0 Å². The molecule has 0 bridgehead atoms. The molecule has 0 saturated heterocycles. The zero-order valence-corrected chi connectivity index (χ0v) is 15.6. The van der Waals surface area contributed by atoms with Crippen molar-refractivity contribution in [1.82, 2.24) is 0 Å². The predicted molar refractivity (Wildman–Crippen MR) is 99.4 cm³/mol. The second-order valence-corrected chi connectivity index (χ2v) is 9.84. The van der Waals surface area contributed by atoms with Crippen LogP contribution in [-0.2, 0) is 0 Å². The lowest BCUT2D eigenvalue weighted by Gasteiger charge is -2.29. The molecule has 4 aliphatic carbocycles. The van der Waals surface area contributed by atoms with Gasteiger partial charge >= 0.3 is 0 Å². The minimum absolute atomic E-state index is 1.09. The number of hydrogen-bond acceptors (Lipinski definition) is 0. The van der Waals surface area contributed by atoms with Crippen LogP contribution in [0.2, 0.25) is 0 Å². The SMILES string of the molecule is CCC1CC(C2CCCC2)CC1C1CCC(C2CCCCC2)C1. The van der Waals surface area contributed by atoms with Crippen LogP contribution >= 0.6 is 0 Å². The highest BCUT2D eigenvalue weighted by atomic mass is 14.5. The van der Waals surface area contributed by atoms with Crippen LogP contribution in [0.3, 0.4) is 0 Å². The van der Waals surface area contributed by atoms with E-state index in [2.05, 4.69) is 6.92 Å². The summed E-state index contributed by atoms with van der Waals surface area (Å²) in [5.41, 5.74) is 0. The Morgan fingerprint density at radius 2 is 1.13 bits per heavy atom. The van der Waals surface area contributed by atoms with Gasteiger partial charge in [-0.1, -0.05) is 71.1 Å². The van der Waals surface area contributed by atoms with Gasteiger partial charge in [0.1, 0.15) is 0 Å². The largest absolute Gasteiger partial charge is 0.0651 e. The molecule has 0 nitrogen and oxygen atoms in total. The maximum absolute atomic E-state index is 2.49. The molecule has 0 aliphatic heterocycles. The van der Waals surface area contributed by atoms with E-state index in [1.54, 1.807) is 57.8 Å². The van der Waals surface area contributed by atoms with Crippen molar-refractivity contribution in [3.05, 3.63) is 0 Å². The Labute approximate surface area is 145 Å². The average Bonchev–Trinajstić information content (AvgIpc) is 3.33. The molecule has 0 heteroatoms. The first-order valence-electron chi connectivity index (χ1n) is 11.3. The van der Waals surface area contributed by atoms with Crippen LogP contribution in [-0.4, -0.2) is 0 Å². The van der Waals surface area contributed by atoms with Gasteiger partial charge in [0.05, 0.1) is 0 Å². The highest BCUT2D eigenvalue weighted by molar-refractivity contribution is 4.94. The Morgan fingerprint density at radius 3 is 1.83 bits per heavy atom. The zero-order valence-electron chi connectivity index (χ0n) is 15.6.